The summed E-state index contributed by atoms with van der Waals surface area (Å²) in [6.07, 6.45) is 0. The van der Waals surface area contributed by atoms with Crippen LogP contribution in [0.1, 0.15) is 20.7 Å². The number of halogens is 2. The van der Waals surface area contributed by atoms with Crippen molar-refractivity contribution in [3.05, 3.63) is 63.6 Å². The van der Waals surface area contributed by atoms with Crippen molar-refractivity contribution in [3.63, 3.8) is 0 Å². The minimum Gasteiger partial charge on any atom is -0.465 e. The van der Waals surface area contributed by atoms with Crippen molar-refractivity contribution in [2.24, 2.45) is 0 Å². The van der Waals surface area contributed by atoms with E-state index in [1.54, 1.807) is 12.1 Å². The molecule has 21 heavy (non-hydrogen) atoms. The molecule has 2 rings (SSSR count). The topological polar surface area (TPSA) is 52.6 Å². The monoisotopic (exact) mass is 324 g/mol. The number of carbonyl (C=O) groups is 2. The Bertz CT molecular complexity index is 681. The lowest BCUT2D eigenvalue weighted by molar-refractivity contribution is 0.0600. The zero-order chi connectivity index (χ0) is 15.4. The minimum absolute atomic E-state index is 0.135. The molecule has 0 N–H and O–H groups in total. The molecule has 0 unspecified atom stereocenters. The normalized spacial score (nSPS) is 10.0. The zero-order valence-electron chi connectivity index (χ0n) is 10.9. The summed E-state index contributed by atoms with van der Waals surface area (Å²) in [6.45, 7) is 0. The van der Waals surface area contributed by atoms with Gasteiger partial charge < -0.3 is 9.47 Å². The predicted molar refractivity (Wildman–Crippen MR) is 79.2 cm³/mol. The van der Waals surface area contributed by atoms with Gasteiger partial charge in [-0.05, 0) is 36.4 Å². The fourth-order valence-electron chi connectivity index (χ4n) is 1.60. The average molecular weight is 325 g/mol. The van der Waals surface area contributed by atoms with Crippen LogP contribution in [0.15, 0.2) is 42.5 Å². The van der Waals surface area contributed by atoms with Crippen LogP contribution in [-0.2, 0) is 4.74 Å². The molecule has 0 amide bonds. The van der Waals surface area contributed by atoms with Gasteiger partial charge in [0.05, 0.1) is 28.3 Å². The highest BCUT2D eigenvalue weighted by Crippen LogP contribution is 2.26. The summed E-state index contributed by atoms with van der Waals surface area (Å²) in [6, 6.07) is 10.7. The summed E-state index contributed by atoms with van der Waals surface area (Å²) in [4.78, 5) is 23.3. The van der Waals surface area contributed by atoms with Gasteiger partial charge in [-0.25, -0.2) is 9.59 Å². The van der Waals surface area contributed by atoms with Gasteiger partial charge in [-0.3, -0.25) is 0 Å². The van der Waals surface area contributed by atoms with Crippen LogP contribution < -0.4 is 4.74 Å². The van der Waals surface area contributed by atoms with Crippen LogP contribution in [0, 0.1) is 0 Å². The fraction of sp³-hybridized carbons (Fsp3) is 0.0667. The molecule has 0 atom stereocenters. The molecule has 2 aromatic rings. The number of hydrogen-bond donors (Lipinski definition) is 0. The molecule has 0 aliphatic carbocycles. The van der Waals surface area contributed by atoms with Crippen molar-refractivity contribution in [2.75, 3.05) is 7.11 Å². The van der Waals surface area contributed by atoms with Crippen molar-refractivity contribution >= 4 is 35.1 Å². The molecule has 4 nitrogen and oxygen atoms in total. The van der Waals surface area contributed by atoms with Gasteiger partial charge >= 0.3 is 11.9 Å². The molecule has 2 aromatic carbocycles. The molecule has 0 spiro atoms. The molecule has 0 radical (unpaired) electrons. The molecule has 0 heterocycles. The van der Waals surface area contributed by atoms with Gasteiger partial charge in [-0.15, -0.1) is 0 Å². The largest absolute Gasteiger partial charge is 0.465 e. The van der Waals surface area contributed by atoms with Gasteiger partial charge in [0, 0.05) is 0 Å². The van der Waals surface area contributed by atoms with Gasteiger partial charge in [0.15, 0.2) is 0 Å². The van der Waals surface area contributed by atoms with E-state index in [4.69, 9.17) is 27.9 Å². The maximum Gasteiger partial charge on any atom is 0.345 e. The van der Waals surface area contributed by atoms with Crippen LogP contribution in [0.2, 0.25) is 10.0 Å². The summed E-state index contributed by atoms with van der Waals surface area (Å²) >= 11 is 11.8. The van der Waals surface area contributed by atoms with Crippen LogP contribution in [0.3, 0.4) is 0 Å². The molecular formula is C15H10Cl2O4. The Morgan fingerprint density at radius 2 is 1.62 bits per heavy atom. The van der Waals surface area contributed by atoms with Crippen molar-refractivity contribution < 1.29 is 19.1 Å². The molecule has 0 aromatic heterocycles. The van der Waals surface area contributed by atoms with E-state index in [1.807, 2.05) is 0 Å². The second-order valence-electron chi connectivity index (χ2n) is 4.01. The molecule has 0 aliphatic rings. The van der Waals surface area contributed by atoms with Gasteiger partial charge in [0.1, 0.15) is 5.75 Å². The van der Waals surface area contributed by atoms with E-state index < -0.39 is 11.9 Å². The Morgan fingerprint density at radius 3 is 2.24 bits per heavy atom. The molecule has 6 heteroatoms. The quantitative estimate of drug-likeness (QED) is 0.632. The van der Waals surface area contributed by atoms with E-state index in [2.05, 4.69) is 4.74 Å². The van der Waals surface area contributed by atoms with Gasteiger partial charge in [-0.1, -0.05) is 29.3 Å². The number of esters is 2. The molecule has 0 bridgehead atoms. The van der Waals surface area contributed by atoms with Crippen LogP contribution in [0.4, 0.5) is 0 Å². The van der Waals surface area contributed by atoms with E-state index in [1.165, 1.54) is 37.4 Å². The third-order valence-electron chi connectivity index (χ3n) is 2.66. The summed E-state index contributed by atoms with van der Waals surface area (Å²) in [5.41, 5.74) is 0.527. The Balaban J connectivity index is 2.16. The Morgan fingerprint density at radius 1 is 0.952 bits per heavy atom. The highest BCUT2D eigenvalue weighted by atomic mass is 35.5. The van der Waals surface area contributed by atoms with E-state index in [-0.39, 0.29) is 21.4 Å². The average Bonchev–Trinajstić information content (AvgIpc) is 2.50. The lowest BCUT2D eigenvalue weighted by atomic mass is 10.2. The Hall–Kier alpha value is -2.04. The van der Waals surface area contributed by atoms with E-state index in [9.17, 15) is 9.59 Å². The van der Waals surface area contributed by atoms with Crippen molar-refractivity contribution in [1.82, 2.24) is 0 Å². The number of ether oxygens (including phenoxy) is 2. The van der Waals surface area contributed by atoms with Crippen molar-refractivity contribution in [2.45, 2.75) is 0 Å². The smallest absolute Gasteiger partial charge is 0.345 e. The first kappa shape index (κ1) is 15.4. The summed E-state index contributed by atoms with van der Waals surface area (Å²) in [5, 5.41) is 0.405. The van der Waals surface area contributed by atoms with Crippen molar-refractivity contribution in [1.29, 1.82) is 0 Å². The SMILES string of the molecule is COC(=O)c1ccc(OC(=O)c2cccc(Cl)c2Cl)cc1. The summed E-state index contributed by atoms with van der Waals surface area (Å²) in [7, 11) is 1.29. The third-order valence-corrected chi connectivity index (χ3v) is 3.48. The molecule has 108 valence electrons. The third kappa shape index (κ3) is 3.54. The number of rotatable bonds is 3. The second kappa shape index (κ2) is 6.61. The van der Waals surface area contributed by atoms with Crippen molar-refractivity contribution in [3.8, 4) is 5.75 Å². The number of hydrogen-bond acceptors (Lipinski definition) is 4. The first-order valence-corrected chi connectivity index (χ1v) is 6.63. The summed E-state index contributed by atoms with van der Waals surface area (Å²) < 4.78 is 9.75. The molecule has 0 saturated carbocycles. The highest BCUT2D eigenvalue weighted by Gasteiger charge is 2.15. The second-order valence-corrected chi connectivity index (χ2v) is 4.79. The zero-order valence-corrected chi connectivity index (χ0v) is 12.4. The molecule has 0 fully saturated rings. The van der Waals surface area contributed by atoms with Gasteiger partial charge in [-0.2, -0.15) is 0 Å². The van der Waals surface area contributed by atoms with Crippen LogP contribution >= 0.6 is 23.2 Å². The van der Waals surface area contributed by atoms with E-state index in [0.29, 0.717) is 5.56 Å². The van der Waals surface area contributed by atoms with Gasteiger partial charge in [0.25, 0.3) is 0 Å². The minimum atomic E-state index is -0.631. The fourth-order valence-corrected chi connectivity index (χ4v) is 1.98. The molecular weight excluding hydrogens is 315 g/mol. The van der Waals surface area contributed by atoms with E-state index >= 15 is 0 Å². The highest BCUT2D eigenvalue weighted by molar-refractivity contribution is 6.43. The lowest BCUT2D eigenvalue weighted by Crippen LogP contribution is -2.09. The maximum absolute atomic E-state index is 12.0. The maximum atomic E-state index is 12.0. The van der Waals surface area contributed by atoms with E-state index in [0.717, 1.165) is 0 Å². The predicted octanol–water partition coefficient (Wildman–Crippen LogP) is 4.00. The Kier molecular flexibility index (Phi) is 4.83. The first-order valence-electron chi connectivity index (χ1n) is 5.87. The van der Waals surface area contributed by atoms with Crippen LogP contribution in [0.25, 0.3) is 0 Å². The number of methoxy groups -OCH3 is 1. The first-order chi connectivity index (χ1) is 10.0. The van der Waals surface area contributed by atoms with Crippen LogP contribution in [-0.4, -0.2) is 19.0 Å². The standard InChI is InChI=1S/C15H10Cl2O4/c1-20-14(18)9-5-7-10(8-6-9)21-15(19)11-3-2-4-12(16)13(11)17/h2-8H,1H3. The number of carbonyl (C=O) groups excluding carboxylic acids is 2. The number of benzene rings is 2. The lowest BCUT2D eigenvalue weighted by Gasteiger charge is -2.07. The Labute approximate surface area is 131 Å². The van der Waals surface area contributed by atoms with Crippen LogP contribution in [0.5, 0.6) is 5.75 Å². The van der Waals surface area contributed by atoms with Gasteiger partial charge in [0.2, 0.25) is 0 Å². The molecule has 0 saturated heterocycles. The summed E-state index contributed by atoms with van der Waals surface area (Å²) in [5.74, 6) is -0.817. The molecule has 0 aliphatic heterocycles.